The van der Waals surface area contributed by atoms with Crippen LogP contribution in [0.1, 0.15) is 34.2 Å². The Morgan fingerprint density at radius 3 is 1.95 bits per heavy atom. The Bertz CT molecular complexity index is 2040. The molecule has 0 unspecified atom stereocenters. The number of nitrogens with one attached hydrogen (secondary N) is 3. The molecule has 0 spiro atoms. The Labute approximate surface area is 371 Å². The van der Waals surface area contributed by atoms with Gasteiger partial charge < -0.3 is 74.4 Å². The van der Waals surface area contributed by atoms with E-state index in [-0.39, 0.29) is 23.5 Å². The van der Waals surface area contributed by atoms with Crippen LogP contribution in [-0.2, 0) is 67.0 Å². The standard InChI is InChI=1S/C43H61N9O12/c44-40(33-3-4-36-35(26-33)51-43(46)64-36)39-41(45)49-30-50-42(39)48-27-31-1-2-34-28-52(8-5-32(34)25-31)38(55)6-9-56-11-13-58-15-17-60-19-21-62-23-24-63-22-20-61-18-16-59-14-12-57-10-7-47-37(54)29-53/h1-4,25-26,30,44,53H,5-24,27-29H2,(H2,46,51)(H,47,54)(H3,45,48,49,50). The van der Waals surface area contributed by atoms with Crippen molar-refractivity contribution in [3.8, 4) is 0 Å². The molecule has 21 nitrogen and oxygen atoms in total. The molecule has 2 aromatic carbocycles. The number of hydrogen-bond acceptors (Lipinski definition) is 19. The molecule has 0 aliphatic carbocycles. The van der Waals surface area contributed by atoms with E-state index in [0.717, 1.165) is 17.5 Å². The van der Waals surface area contributed by atoms with Gasteiger partial charge in [-0.05, 0) is 41.3 Å². The van der Waals surface area contributed by atoms with Gasteiger partial charge in [-0.15, -0.1) is 0 Å². The monoisotopic (exact) mass is 895 g/mol. The fourth-order valence-electron chi connectivity index (χ4n) is 6.42. The summed E-state index contributed by atoms with van der Waals surface area (Å²) in [6, 6.07) is 11.4. The molecule has 2 aromatic heterocycles. The second-order valence-corrected chi connectivity index (χ2v) is 14.3. The summed E-state index contributed by atoms with van der Waals surface area (Å²) in [4.78, 5) is 38.4. The van der Waals surface area contributed by atoms with Crippen molar-refractivity contribution in [2.45, 2.75) is 25.9 Å². The number of nitrogen functional groups attached to an aromatic ring is 2. The summed E-state index contributed by atoms with van der Waals surface area (Å²) in [6.07, 6.45) is 2.40. The summed E-state index contributed by atoms with van der Waals surface area (Å²) in [7, 11) is 0. The normalized spacial score (nSPS) is 12.4. The smallest absolute Gasteiger partial charge is 0.292 e. The molecule has 2 amide bonds. The van der Waals surface area contributed by atoms with Gasteiger partial charge in [-0.3, -0.25) is 15.0 Å². The number of carbonyl (C=O) groups excluding carboxylic acids is 2. The van der Waals surface area contributed by atoms with E-state index in [2.05, 4.69) is 37.7 Å². The maximum Gasteiger partial charge on any atom is 0.292 e. The summed E-state index contributed by atoms with van der Waals surface area (Å²) >= 11 is 0. The summed E-state index contributed by atoms with van der Waals surface area (Å²) < 4.78 is 49.2. The summed E-state index contributed by atoms with van der Waals surface area (Å²) in [5.74, 6) is 0.242. The average molecular weight is 896 g/mol. The highest BCUT2D eigenvalue weighted by molar-refractivity contribution is 6.17. The second-order valence-electron chi connectivity index (χ2n) is 14.3. The number of aromatic nitrogens is 3. The predicted octanol–water partition coefficient (Wildman–Crippen LogP) is 1.33. The largest absolute Gasteiger partial charge is 0.424 e. The second kappa shape index (κ2) is 28.4. The SMILES string of the molecule is N=C(c1ccc2oc(N)nc2c1)c1c(N)ncnc1NCc1ccc2c(c1)CCN(C(=O)CCOCCOCCOCCOCCOCCOCCOCCOCCNC(=O)CO)C2. The maximum absolute atomic E-state index is 13.0. The van der Waals surface area contributed by atoms with Crippen LogP contribution < -0.4 is 22.1 Å². The van der Waals surface area contributed by atoms with Crippen LogP contribution in [0.25, 0.3) is 11.1 Å². The van der Waals surface area contributed by atoms with Gasteiger partial charge in [-0.25, -0.2) is 9.97 Å². The molecule has 64 heavy (non-hydrogen) atoms. The lowest BCUT2D eigenvalue weighted by molar-refractivity contribution is -0.133. The highest BCUT2D eigenvalue weighted by atomic mass is 16.6. The van der Waals surface area contributed by atoms with Crippen LogP contribution in [-0.4, -0.2) is 168 Å². The van der Waals surface area contributed by atoms with E-state index in [1.165, 1.54) is 11.9 Å². The number of rotatable bonds is 33. The molecule has 1 aliphatic rings. The van der Waals surface area contributed by atoms with E-state index in [9.17, 15) is 9.59 Å². The van der Waals surface area contributed by atoms with Crippen molar-refractivity contribution >= 4 is 46.3 Å². The van der Waals surface area contributed by atoms with Gasteiger partial charge in [-0.1, -0.05) is 18.2 Å². The number of benzene rings is 2. The van der Waals surface area contributed by atoms with Gasteiger partial charge in [0, 0.05) is 31.7 Å². The molecule has 21 heteroatoms. The topological polar surface area (TPSA) is 283 Å². The number of amides is 2. The zero-order chi connectivity index (χ0) is 45.2. The lowest BCUT2D eigenvalue weighted by Crippen LogP contribution is -2.36. The quantitative estimate of drug-likeness (QED) is 0.0291. The van der Waals surface area contributed by atoms with Crippen molar-refractivity contribution in [1.82, 2.24) is 25.2 Å². The number of hydrogen-bond donors (Lipinski definition) is 6. The minimum Gasteiger partial charge on any atom is -0.424 e. The Kier molecular flexibility index (Phi) is 22.1. The number of fused-ring (bicyclic) bond motifs is 2. The molecular formula is C43H61N9O12. The number of oxazole rings is 1. The molecule has 0 fully saturated rings. The first kappa shape index (κ1) is 49.7. The summed E-state index contributed by atoms with van der Waals surface area (Å²) in [6.45, 7) is 8.25. The lowest BCUT2D eigenvalue weighted by atomic mass is 9.97. The fraction of sp³-hybridized carbons (Fsp3) is 0.535. The van der Waals surface area contributed by atoms with Gasteiger partial charge in [0.1, 0.15) is 30.1 Å². The predicted molar refractivity (Wildman–Crippen MR) is 235 cm³/mol. The summed E-state index contributed by atoms with van der Waals surface area (Å²) in [5, 5.41) is 23.3. The van der Waals surface area contributed by atoms with Gasteiger partial charge in [-0.2, -0.15) is 4.98 Å². The molecule has 0 saturated heterocycles. The van der Waals surface area contributed by atoms with Crippen molar-refractivity contribution in [1.29, 1.82) is 5.41 Å². The number of ether oxygens (including phenoxy) is 8. The molecule has 0 radical (unpaired) electrons. The minimum absolute atomic E-state index is 0.0513. The lowest BCUT2D eigenvalue weighted by Gasteiger charge is -2.29. The third-order valence-corrected chi connectivity index (χ3v) is 9.69. The van der Waals surface area contributed by atoms with Crippen LogP contribution in [0.4, 0.5) is 17.7 Å². The molecule has 350 valence electrons. The Morgan fingerprint density at radius 2 is 1.34 bits per heavy atom. The highest BCUT2D eigenvalue weighted by Crippen LogP contribution is 2.26. The van der Waals surface area contributed by atoms with Gasteiger partial charge in [0.05, 0.1) is 123 Å². The van der Waals surface area contributed by atoms with Crippen LogP contribution in [0.3, 0.4) is 0 Å². The van der Waals surface area contributed by atoms with E-state index >= 15 is 0 Å². The Hall–Kier alpha value is -5.36. The maximum atomic E-state index is 13.0. The molecule has 0 saturated carbocycles. The first-order valence-electron chi connectivity index (χ1n) is 21.3. The number of aliphatic hydroxyl groups excluding tert-OH is 1. The van der Waals surface area contributed by atoms with Crippen LogP contribution in [0.2, 0.25) is 0 Å². The molecule has 0 bridgehead atoms. The first-order valence-corrected chi connectivity index (χ1v) is 21.3. The molecule has 4 aromatic rings. The third-order valence-electron chi connectivity index (χ3n) is 9.69. The highest BCUT2D eigenvalue weighted by Gasteiger charge is 2.22. The first-order chi connectivity index (χ1) is 31.3. The van der Waals surface area contributed by atoms with Crippen LogP contribution in [0, 0.1) is 5.41 Å². The van der Waals surface area contributed by atoms with Crippen LogP contribution >= 0.6 is 0 Å². The van der Waals surface area contributed by atoms with Crippen LogP contribution in [0.15, 0.2) is 47.1 Å². The fourth-order valence-corrected chi connectivity index (χ4v) is 6.42. The minimum atomic E-state index is -0.527. The molecule has 3 heterocycles. The van der Waals surface area contributed by atoms with E-state index in [4.69, 9.17) is 64.3 Å². The Balaban J connectivity index is 0.822. The number of anilines is 3. The summed E-state index contributed by atoms with van der Waals surface area (Å²) in [5.41, 5.74) is 17.4. The van der Waals surface area contributed by atoms with E-state index < -0.39 is 12.5 Å². The van der Waals surface area contributed by atoms with Crippen molar-refractivity contribution in [2.24, 2.45) is 0 Å². The van der Waals surface area contributed by atoms with Gasteiger partial charge in [0.15, 0.2) is 5.58 Å². The molecule has 0 atom stereocenters. The zero-order valence-corrected chi connectivity index (χ0v) is 36.2. The van der Waals surface area contributed by atoms with Gasteiger partial charge in [0.2, 0.25) is 11.8 Å². The molecule has 8 N–H and O–H groups in total. The molecule has 1 aliphatic heterocycles. The van der Waals surface area contributed by atoms with E-state index in [0.29, 0.717) is 166 Å². The molecule has 5 rings (SSSR count). The number of carbonyl (C=O) groups is 2. The van der Waals surface area contributed by atoms with Gasteiger partial charge >= 0.3 is 0 Å². The van der Waals surface area contributed by atoms with Crippen molar-refractivity contribution in [3.05, 3.63) is 70.5 Å². The number of nitrogens with zero attached hydrogens (tertiary/aromatic N) is 4. The number of nitrogens with two attached hydrogens (primary N) is 2. The zero-order valence-electron chi connectivity index (χ0n) is 36.2. The van der Waals surface area contributed by atoms with Crippen molar-refractivity contribution in [2.75, 3.05) is 142 Å². The van der Waals surface area contributed by atoms with Crippen molar-refractivity contribution in [3.63, 3.8) is 0 Å². The van der Waals surface area contributed by atoms with E-state index in [1.54, 1.807) is 18.2 Å². The average Bonchev–Trinajstić information content (AvgIpc) is 3.69. The van der Waals surface area contributed by atoms with Gasteiger partial charge in [0.25, 0.3) is 6.01 Å². The van der Waals surface area contributed by atoms with E-state index in [1.807, 2.05) is 11.0 Å². The van der Waals surface area contributed by atoms with Crippen LogP contribution in [0.5, 0.6) is 0 Å². The molecular weight excluding hydrogens is 835 g/mol. The third kappa shape index (κ3) is 17.3. The Morgan fingerprint density at radius 1 is 0.750 bits per heavy atom. The van der Waals surface area contributed by atoms with Crippen molar-refractivity contribution < 1.29 is 57.0 Å². The number of aliphatic hydroxyl groups is 1.